The molecule has 1 aliphatic heterocycles. The van der Waals surface area contributed by atoms with Crippen LogP contribution in [-0.4, -0.2) is 6.61 Å². The molecule has 3 rings (SSSR count). The Hall–Kier alpha value is -2.03. The van der Waals surface area contributed by atoms with Crippen LogP contribution in [0, 0.1) is 5.82 Å². The van der Waals surface area contributed by atoms with Gasteiger partial charge in [-0.1, -0.05) is 39.0 Å². The highest BCUT2D eigenvalue weighted by atomic mass is 19.1. The lowest BCUT2D eigenvalue weighted by Crippen LogP contribution is -2.24. The summed E-state index contributed by atoms with van der Waals surface area (Å²) in [4.78, 5) is 0. The monoisotopic (exact) mass is 285 g/mol. The van der Waals surface area contributed by atoms with Crippen molar-refractivity contribution >= 4 is 5.69 Å². The van der Waals surface area contributed by atoms with Crippen LogP contribution in [0.1, 0.15) is 37.9 Å². The van der Waals surface area contributed by atoms with Crippen molar-refractivity contribution in [3.8, 4) is 5.75 Å². The molecule has 0 aromatic heterocycles. The van der Waals surface area contributed by atoms with Crippen LogP contribution in [0.25, 0.3) is 0 Å². The molecule has 21 heavy (non-hydrogen) atoms. The number of ether oxygens (including phenoxy) is 1. The van der Waals surface area contributed by atoms with E-state index < -0.39 is 0 Å². The number of halogens is 1. The summed E-state index contributed by atoms with van der Waals surface area (Å²) in [5, 5.41) is 3.50. The standard InChI is InChI=1S/C18H20FNO/c1-18(2,3)13-6-9-17-15(10-13)20-16(11-21-17)12-4-7-14(19)8-5-12/h4-10,16,20H,11H2,1-3H3. The van der Waals surface area contributed by atoms with Crippen LogP contribution in [0.4, 0.5) is 10.1 Å². The van der Waals surface area contributed by atoms with E-state index in [1.165, 1.54) is 17.7 Å². The third-order valence-electron chi connectivity index (χ3n) is 3.85. The first kappa shape index (κ1) is 13.9. The minimum atomic E-state index is -0.217. The van der Waals surface area contributed by atoms with E-state index in [1.54, 1.807) is 12.1 Å². The summed E-state index contributed by atoms with van der Waals surface area (Å²) in [6.07, 6.45) is 0. The highest BCUT2D eigenvalue weighted by Gasteiger charge is 2.23. The smallest absolute Gasteiger partial charge is 0.142 e. The van der Waals surface area contributed by atoms with Gasteiger partial charge in [-0.05, 0) is 40.8 Å². The van der Waals surface area contributed by atoms with Gasteiger partial charge in [0.15, 0.2) is 0 Å². The fraction of sp³-hybridized carbons (Fsp3) is 0.333. The average Bonchev–Trinajstić information content (AvgIpc) is 2.46. The highest BCUT2D eigenvalue weighted by molar-refractivity contribution is 5.61. The van der Waals surface area contributed by atoms with Crippen LogP contribution in [0.5, 0.6) is 5.75 Å². The molecule has 1 unspecified atom stereocenters. The molecule has 2 aromatic carbocycles. The quantitative estimate of drug-likeness (QED) is 0.822. The van der Waals surface area contributed by atoms with Crippen molar-refractivity contribution in [1.29, 1.82) is 0 Å². The minimum Gasteiger partial charge on any atom is -0.489 e. The van der Waals surface area contributed by atoms with Crippen molar-refractivity contribution in [2.75, 3.05) is 11.9 Å². The first-order valence-corrected chi connectivity index (χ1v) is 7.23. The molecule has 0 aliphatic carbocycles. The third kappa shape index (κ3) is 2.87. The first-order valence-electron chi connectivity index (χ1n) is 7.23. The zero-order valence-corrected chi connectivity index (χ0v) is 12.6. The third-order valence-corrected chi connectivity index (χ3v) is 3.85. The number of hydrogen-bond donors (Lipinski definition) is 1. The van der Waals surface area contributed by atoms with Crippen LogP contribution in [0.3, 0.4) is 0 Å². The zero-order chi connectivity index (χ0) is 15.0. The molecule has 2 nitrogen and oxygen atoms in total. The van der Waals surface area contributed by atoms with Crippen molar-refractivity contribution in [2.24, 2.45) is 0 Å². The minimum absolute atomic E-state index is 0.0494. The Morgan fingerprint density at radius 1 is 1.10 bits per heavy atom. The summed E-state index contributed by atoms with van der Waals surface area (Å²) in [7, 11) is 0. The molecule has 0 saturated heterocycles. The first-order chi connectivity index (χ1) is 9.93. The number of benzene rings is 2. The Kier molecular flexibility index (Phi) is 3.36. The predicted molar refractivity (Wildman–Crippen MR) is 83.4 cm³/mol. The van der Waals surface area contributed by atoms with Crippen molar-refractivity contribution in [2.45, 2.75) is 32.2 Å². The Bertz CT molecular complexity index is 643. The van der Waals surface area contributed by atoms with Gasteiger partial charge in [0.2, 0.25) is 0 Å². The van der Waals surface area contributed by atoms with Gasteiger partial charge in [-0.15, -0.1) is 0 Å². The topological polar surface area (TPSA) is 21.3 Å². The van der Waals surface area contributed by atoms with Crippen LogP contribution < -0.4 is 10.1 Å². The lowest BCUT2D eigenvalue weighted by atomic mass is 9.86. The Morgan fingerprint density at radius 2 is 1.81 bits per heavy atom. The predicted octanol–water partition coefficient (Wildman–Crippen LogP) is 4.67. The summed E-state index contributed by atoms with van der Waals surface area (Å²) >= 11 is 0. The Balaban J connectivity index is 1.88. The number of nitrogens with one attached hydrogen (secondary N) is 1. The van der Waals surface area contributed by atoms with Crippen LogP contribution in [0.15, 0.2) is 42.5 Å². The van der Waals surface area contributed by atoms with Crippen molar-refractivity contribution in [1.82, 2.24) is 0 Å². The summed E-state index contributed by atoms with van der Waals surface area (Å²) < 4.78 is 18.9. The second-order valence-electron chi connectivity index (χ2n) is 6.52. The molecule has 0 amide bonds. The van der Waals surface area contributed by atoms with Gasteiger partial charge >= 0.3 is 0 Å². The summed E-state index contributed by atoms with van der Waals surface area (Å²) in [5.41, 5.74) is 3.39. The molecule has 0 spiro atoms. The molecular weight excluding hydrogens is 265 g/mol. The zero-order valence-electron chi connectivity index (χ0n) is 12.6. The molecule has 1 atom stereocenters. The molecule has 0 radical (unpaired) electrons. The summed E-state index contributed by atoms with van der Waals surface area (Å²) in [6.45, 7) is 7.12. The van der Waals surface area contributed by atoms with E-state index in [9.17, 15) is 4.39 Å². The number of anilines is 1. The fourth-order valence-corrected chi connectivity index (χ4v) is 2.51. The SMILES string of the molecule is CC(C)(C)c1ccc2c(c1)NC(c1ccc(F)cc1)CO2. The lowest BCUT2D eigenvalue weighted by Gasteiger charge is -2.30. The largest absolute Gasteiger partial charge is 0.489 e. The van der Waals surface area contributed by atoms with Gasteiger partial charge in [0, 0.05) is 0 Å². The number of hydrogen-bond acceptors (Lipinski definition) is 2. The van der Waals surface area contributed by atoms with E-state index in [-0.39, 0.29) is 17.3 Å². The molecule has 1 heterocycles. The van der Waals surface area contributed by atoms with Crippen LogP contribution >= 0.6 is 0 Å². The maximum atomic E-state index is 13.0. The van der Waals surface area contributed by atoms with E-state index in [0.717, 1.165) is 17.0 Å². The van der Waals surface area contributed by atoms with E-state index in [1.807, 2.05) is 6.07 Å². The maximum absolute atomic E-state index is 13.0. The summed E-state index contributed by atoms with van der Waals surface area (Å²) in [6, 6.07) is 12.9. The molecule has 0 bridgehead atoms. The molecule has 0 fully saturated rings. The molecule has 0 saturated carbocycles. The Morgan fingerprint density at radius 3 is 2.48 bits per heavy atom. The molecule has 2 aromatic rings. The molecule has 1 aliphatic rings. The van der Waals surface area contributed by atoms with Crippen molar-refractivity contribution < 1.29 is 9.13 Å². The van der Waals surface area contributed by atoms with Crippen LogP contribution in [-0.2, 0) is 5.41 Å². The second-order valence-corrected chi connectivity index (χ2v) is 6.52. The van der Waals surface area contributed by atoms with E-state index in [4.69, 9.17) is 4.74 Å². The molecular formula is C18H20FNO. The lowest BCUT2D eigenvalue weighted by molar-refractivity contribution is 0.286. The fourth-order valence-electron chi connectivity index (χ4n) is 2.51. The number of fused-ring (bicyclic) bond motifs is 1. The highest BCUT2D eigenvalue weighted by Crippen LogP contribution is 2.37. The summed E-state index contributed by atoms with van der Waals surface area (Å²) in [5.74, 6) is 0.659. The van der Waals surface area contributed by atoms with Gasteiger partial charge in [-0.2, -0.15) is 0 Å². The normalized spacial score (nSPS) is 17.6. The Labute approximate surface area is 125 Å². The van der Waals surface area contributed by atoms with Crippen molar-refractivity contribution in [3.05, 3.63) is 59.4 Å². The van der Waals surface area contributed by atoms with Crippen molar-refractivity contribution in [3.63, 3.8) is 0 Å². The van der Waals surface area contributed by atoms with Gasteiger partial charge in [0.1, 0.15) is 18.2 Å². The van der Waals surface area contributed by atoms with Gasteiger partial charge in [-0.3, -0.25) is 0 Å². The van der Waals surface area contributed by atoms with Gasteiger partial charge in [0.05, 0.1) is 11.7 Å². The van der Waals surface area contributed by atoms with Gasteiger partial charge in [-0.25, -0.2) is 4.39 Å². The average molecular weight is 285 g/mol. The van der Waals surface area contributed by atoms with E-state index >= 15 is 0 Å². The number of rotatable bonds is 1. The van der Waals surface area contributed by atoms with E-state index in [2.05, 4.69) is 38.2 Å². The van der Waals surface area contributed by atoms with Crippen LogP contribution in [0.2, 0.25) is 0 Å². The van der Waals surface area contributed by atoms with Gasteiger partial charge < -0.3 is 10.1 Å². The molecule has 110 valence electrons. The second kappa shape index (κ2) is 5.06. The van der Waals surface area contributed by atoms with Gasteiger partial charge in [0.25, 0.3) is 0 Å². The maximum Gasteiger partial charge on any atom is 0.142 e. The molecule has 3 heteroatoms. The van der Waals surface area contributed by atoms with E-state index in [0.29, 0.717) is 6.61 Å². The molecule has 1 N–H and O–H groups in total.